The molecule has 2 N–H and O–H groups in total. The van der Waals surface area contributed by atoms with Gasteiger partial charge >= 0.3 is 0 Å². The Hall–Kier alpha value is -3.92. The zero-order valence-corrected chi connectivity index (χ0v) is 19.9. The summed E-state index contributed by atoms with van der Waals surface area (Å²) in [4.78, 5) is 31.4. The van der Waals surface area contributed by atoms with Gasteiger partial charge in [0.15, 0.2) is 0 Å². The number of nitrogens with one attached hydrogen (secondary N) is 2. The van der Waals surface area contributed by atoms with E-state index < -0.39 is 5.82 Å². The number of benzene rings is 2. The molecular weight excluding hydrogens is 465 g/mol. The van der Waals surface area contributed by atoms with Gasteiger partial charge in [0.25, 0.3) is 0 Å². The second kappa shape index (κ2) is 10.1. The van der Waals surface area contributed by atoms with E-state index in [4.69, 9.17) is 4.98 Å². The molecule has 0 bridgehead atoms. The Balaban J connectivity index is 1.23. The summed E-state index contributed by atoms with van der Waals surface area (Å²) in [6.45, 7) is 2.97. The van der Waals surface area contributed by atoms with E-state index in [0.717, 1.165) is 37.2 Å². The summed E-state index contributed by atoms with van der Waals surface area (Å²) in [5, 5.41) is 8.84. The van der Waals surface area contributed by atoms with E-state index in [1.54, 1.807) is 17.4 Å². The standard InChI is InChI=1S/C25H24FN7OS/c1-16(34)29-21-13-19(7-8-20(21)26)30-24-27-15-28-25(32-24)33-11-9-18(10-12-33)23-31-22(14-35-23)17-5-3-2-4-6-17/h2-8,13-15,18H,9-12H2,1H3,(H,29,34)(H,27,28,30,32). The number of piperidine rings is 1. The summed E-state index contributed by atoms with van der Waals surface area (Å²) in [6.07, 6.45) is 3.39. The maximum absolute atomic E-state index is 13.9. The van der Waals surface area contributed by atoms with Crippen LogP contribution >= 0.6 is 11.3 Å². The van der Waals surface area contributed by atoms with Gasteiger partial charge in [-0.25, -0.2) is 19.3 Å². The molecule has 0 radical (unpaired) electrons. The molecule has 1 aliphatic rings. The van der Waals surface area contributed by atoms with Crippen LogP contribution in [0.15, 0.2) is 60.2 Å². The number of hydrogen-bond donors (Lipinski definition) is 2. The number of rotatable bonds is 6. The minimum Gasteiger partial charge on any atom is -0.341 e. The lowest BCUT2D eigenvalue weighted by atomic mass is 9.98. The summed E-state index contributed by atoms with van der Waals surface area (Å²) in [5.74, 6) is 0.501. The third-order valence-electron chi connectivity index (χ3n) is 5.81. The third-order valence-corrected chi connectivity index (χ3v) is 6.82. The zero-order valence-electron chi connectivity index (χ0n) is 19.1. The maximum Gasteiger partial charge on any atom is 0.231 e. The van der Waals surface area contributed by atoms with Crippen molar-refractivity contribution < 1.29 is 9.18 Å². The number of aromatic nitrogens is 4. The molecule has 1 fully saturated rings. The molecule has 2 aromatic heterocycles. The molecule has 0 unspecified atom stereocenters. The first kappa shape index (κ1) is 22.9. The number of anilines is 4. The fourth-order valence-electron chi connectivity index (χ4n) is 4.06. The van der Waals surface area contributed by atoms with E-state index in [0.29, 0.717) is 23.5 Å². The summed E-state index contributed by atoms with van der Waals surface area (Å²) in [5.41, 5.74) is 2.83. The molecule has 178 valence electrons. The molecule has 5 rings (SSSR count). The number of carbonyl (C=O) groups is 1. The van der Waals surface area contributed by atoms with Crippen LogP contribution in [-0.2, 0) is 4.79 Å². The van der Waals surface area contributed by atoms with Crippen molar-refractivity contribution in [2.45, 2.75) is 25.7 Å². The van der Waals surface area contributed by atoms with Crippen molar-refractivity contribution in [2.75, 3.05) is 28.6 Å². The van der Waals surface area contributed by atoms with Crippen LogP contribution in [0.2, 0.25) is 0 Å². The van der Waals surface area contributed by atoms with Crippen LogP contribution in [0.3, 0.4) is 0 Å². The number of carbonyl (C=O) groups excluding carboxylic acids is 1. The van der Waals surface area contributed by atoms with Gasteiger partial charge in [-0.1, -0.05) is 30.3 Å². The molecule has 0 saturated carbocycles. The fourth-order valence-corrected chi connectivity index (χ4v) is 5.06. The quantitative estimate of drug-likeness (QED) is 0.383. The molecular formula is C25H24FN7OS. The van der Waals surface area contributed by atoms with Crippen LogP contribution in [0.4, 0.5) is 27.7 Å². The Morgan fingerprint density at radius 1 is 1.09 bits per heavy atom. The van der Waals surface area contributed by atoms with Crippen molar-refractivity contribution in [1.82, 2.24) is 19.9 Å². The Labute approximate surface area is 206 Å². The summed E-state index contributed by atoms with van der Waals surface area (Å²) in [7, 11) is 0. The van der Waals surface area contributed by atoms with Gasteiger partial charge in [0, 0.05) is 42.6 Å². The molecule has 1 amide bonds. The second-order valence-electron chi connectivity index (χ2n) is 8.31. The van der Waals surface area contributed by atoms with E-state index in [2.05, 4.69) is 48.0 Å². The van der Waals surface area contributed by atoms with Crippen molar-refractivity contribution in [1.29, 1.82) is 0 Å². The molecule has 8 nitrogen and oxygen atoms in total. The molecule has 1 saturated heterocycles. The Bertz CT molecular complexity index is 1320. The minimum atomic E-state index is -0.513. The number of nitrogens with zero attached hydrogens (tertiary/aromatic N) is 5. The molecule has 0 spiro atoms. The normalized spacial score (nSPS) is 14.1. The van der Waals surface area contributed by atoms with Gasteiger partial charge in [-0.15, -0.1) is 11.3 Å². The first-order valence-electron chi connectivity index (χ1n) is 11.3. The van der Waals surface area contributed by atoms with Crippen LogP contribution in [0, 0.1) is 5.82 Å². The molecule has 0 atom stereocenters. The van der Waals surface area contributed by atoms with Crippen molar-refractivity contribution in [3.8, 4) is 11.3 Å². The topological polar surface area (TPSA) is 95.9 Å². The lowest BCUT2D eigenvalue weighted by Crippen LogP contribution is -2.34. The van der Waals surface area contributed by atoms with Gasteiger partial charge < -0.3 is 15.5 Å². The largest absolute Gasteiger partial charge is 0.341 e. The van der Waals surface area contributed by atoms with E-state index in [1.807, 2.05) is 18.2 Å². The minimum absolute atomic E-state index is 0.0939. The first-order chi connectivity index (χ1) is 17.0. The molecule has 4 aromatic rings. The van der Waals surface area contributed by atoms with E-state index in [-0.39, 0.29) is 11.6 Å². The number of thiazole rings is 1. The first-order valence-corrected chi connectivity index (χ1v) is 12.2. The average molecular weight is 490 g/mol. The van der Waals surface area contributed by atoms with E-state index in [9.17, 15) is 9.18 Å². The Kier molecular flexibility index (Phi) is 6.62. The summed E-state index contributed by atoms with van der Waals surface area (Å²) < 4.78 is 13.9. The fraction of sp³-hybridized carbons (Fsp3) is 0.240. The highest BCUT2D eigenvalue weighted by atomic mass is 32.1. The van der Waals surface area contributed by atoms with E-state index in [1.165, 1.54) is 30.4 Å². The molecule has 10 heteroatoms. The average Bonchev–Trinajstić information content (AvgIpc) is 3.37. The number of halogens is 1. The maximum atomic E-state index is 13.9. The Morgan fingerprint density at radius 3 is 2.66 bits per heavy atom. The lowest BCUT2D eigenvalue weighted by molar-refractivity contribution is -0.114. The van der Waals surface area contributed by atoms with Crippen molar-refractivity contribution in [3.63, 3.8) is 0 Å². The van der Waals surface area contributed by atoms with Crippen LogP contribution in [0.5, 0.6) is 0 Å². The van der Waals surface area contributed by atoms with Gasteiger partial charge in [-0.05, 0) is 31.0 Å². The predicted molar refractivity (Wildman–Crippen MR) is 136 cm³/mol. The summed E-state index contributed by atoms with van der Waals surface area (Å²) >= 11 is 1.72. The highest BCUT2D eigenvalue weighted by Crippen LogP contribution is 2.33. The monoisotopic (exact) mass is 489 g/mol. The van der Waals surface area contributed by atoms with Crippen LogP contribution < -0.4 is 15.5 Å². The molecule has 2 aromatic carbocycles. The van der Waals surface area contributed by atoms with Crippen LogP contribution in [0.1, 0.15) is 30.7 Å². The zero-order chi connectivity index (χ0) is 24.2. The molecule has 3 heterocycles. The van der Waals surface area contributed by atoms with Gasteiger partial charge in [0.05, 0.1) is 16.4 Å². The van der Waals surface area contributed by atoms with Crippen LogP contribution in [0.25, 0.3) is 11.3 Å². The number of hydrogen-bond acceptors (Lipinski definition) is 8. The molecule has 35 heavy (non-hydrogen) atoms. The van der Waals surface area contributed by atoms with E-state index >= 15 is 0 Å². The van der Waals surface area contributed by atoms with Crippen molar-refractivity contribution in [3.05, 3.63) is 71.1 Å². The molecule has 1 aliphatic heterocycles. The Morgan fingerprint density at radius 2 is 1.89 bits per heavy atom. The van der Waals surface area contributed by atoms with Crippen LogP contribution in [-0.4, -0.2) is 38.9 Å². The number of amides is 1. The van der Waals surface area contributed by atoms with Gasteiger partial charge in [0.1, 0.15) is 12.1 Å². The SMILES string of the molecule is CC(=O)Nc1cc(Nc2ncnc(N3CCC(c4nc(-c5ccccc5)cs4)CC3)n2)ccc1F. The molecule has 0 aliphatic carbocycles. The van der Waals surface area contributed by atoms with Crippen molar-refractivity contribution in [2.24, 2.45) is 0 Å². The van der Waals surface area contributed by atoms with Gasteiger partial charge in [0.2, 0.25) is 17.8 Å². The van der Waals surface area contributed by atoms with Gasteiger partial charge in [-0.3, -0.25) is 4.79 Å². The van der Waals surface area contributed by atoms with Gasteiger partial charge in [-0.2, -0.15) is 4.98 Å². The smallest absolute Gasteiger partial charge is 0.231 e. The van der Waals surface area contributed by atoms with Crippen molar-refractivity contribution >= 4 is 40.5 Å². The lowest BCUT2D eigenvalue weighted by Gasteiger charge is -2.31. The highest BCUT2D eigenvalue weighted by molar-refractivity contribution is 7.10. The summed E-state index contributed by atoms with van der Waals surface area (Å²) in [6, 6.07) is 14.6. The predicted octanol–water partition coefficient (Wildman–Crippen LogP) is 5.22. The third kappa shape index (κ3) is 5.43. The second-order valence-corrected chi connectivity index (χ2v) is 9.20. The highest BCUT2D eigenvalue weighted by Gasteiger charge is 2.25.